The molecule has 1 aromatic heterocycles. The topological polar surface area (TPSA) is 287 Å². The Morgan fingerprint density at radius 2 is 1.17 bits per heavy atom. The quantitative estimate of drug-likeness (QED) is 0.0347. The largest absolute Gasteiger partial charge is 0.504 e. The van der Waals surface area contributed by atoms with Crippen LogP contribution in [0.4, 0.5) is 8.78 Å². The highest BCUT2D eigenvalue weighted by atomic mass is 32.2. The lowest BCUT2D eigenvalue weighted by atomic mass is 10.2. The van der Waals surface area contributed by atoms with Gasteiger partial charge in [-0.05, 0) is 92.0 Å². The molecule has 0 saturated heterocycles. The van der Waals surface area contributed by atoms with E-state index >= 15 is 0 Å². The van der Waals surface area contributed by atoms with Crippen LogP contribution >= 0.6 is 18.9 Å². The number of hydrogen-bond acceptors (Lipinski definition) is 16. The number of phenols is 4. The Labute approximate surface area is 378 Å². The van der Waals surface area contributed by atoms with Crippen molar-refractivity contribution in [3.8, 4) is 58.1 Å². The molecule has 23 heteroatoms. The van der Waals surface area contributed by atoms with Crippen LogP contribution in [-0.2, 0) is 14.6 Å². The molecule has 0 aliphatic heterocycles. The number of benzene rings is 5. The second-order valence-electron chi connectivity index (χ2n) is 14.3. The predicted molar refractivity (Wildman–Crippen MR) is 232 cm³/mol. The number of hydrogen-bond donors (Lipinski definition) is 7. The third-order valence-corrected chi connectivity index (χ3v) is 13.8. The van der Waals surface area contributed by atoms with Gasteiger partial charge in [-0.1, -0.05) is 0 Å². The van der Waals surface area contributed by atoms with E-state index in [2.05, 4.69) is 15.4 Å². The number of halogens is 2. The third kappa shape index (κ3) is 11.7. The summed E-state index contributed by atoms with van der Waals surface area (Å²) in [5.41, 5.74) is -0.657. The van der Waals surface area contributed by atoms with Crippen LogP contribution < -0.4 is 33.9 Å². The summed E-state index contributed by atoms with van der Waals surface area (Å²) < 4.78 is 96.0. The minimum atomic E-state index is -4.76. The van der Waals surface area contributed by atoms with Gasteiger partial charge in [0.2, 0.25) is 0 Å². The molecule has 2 atom stereocenters. The molecule has 2 unspecified atom stereocenters. The van der Waals surface area contributed by atoms with Gasteiger partial charge in [0.25, 0.3) is 21.8 Å². The van der Waals surface area contributed by atoms with Crippen LogP contribution in [0.25, 0.3) is 10.1 Å². The molecule has 66 heavy (non-hydrogen) atoms. The van der Waals surface area contributed by atoms with Crippen molar-refractivity contribution < 1.29 is 70.3 Å². The van der Waals surface area contributed by atoms with Crippen molar-refractivity contribution in [1.82, 2.24) is 15.4 Å². The summed E-state index contributed by atoms with van der Waals surface area (Å²) in [4.78, 5) is 25.7. The van der Waals surface area contributed by atoms with Gasteiger partial charge in [-0.2, -0.15) is 15.2 Å². The first-order chi connectivity index (χ1) is 31.3. The normalized spacial score (nSPS) is 12.3. The summed E-state index contributed by atoms with van der Waals surface area (Å²) in [6.07, 6.45) is -1.09. The van der Waals surface area contributed by atoms with Crippen molar-refractivity contribution in [2.75, 3.05) is 19.5 Å². The van der Waals surface area contributed by atoms with E-state index in [9.17, 15) is 51.8 Å². The van der Waals surface area contributed by atoms with Crippen LogP contribution in [0.2, 0.25) is 0 Å². The number of nitrogens with zero attached hydrogens (tertiary/aromatic N) is 2. The molecule has 342 valence electrons. The van der Waals surface area contributed by atoms with Crippen LogP contribution in [-0.4, -0.2) is 72.2 Å². The summed E-state index contributed by atoms with van der Waals surface area (Å²) in [5, 5.41) is 62.8. The zero-order valence-corrected chi connectivity index (χ0v) is 36.8. The van der Waals surface area contributed by atoms with Gasteiger partial charge < -0.3 is 49.6 Å². The molecule has 18 nitrogen and oxygen atoms in total. The highest BCUT2D eigenvalue weighted by molar-refractivity contribution is 7.92. The minimum absolute atomic E-state index is 0.0440. The zero-order chi connectivity index (χ0) is 47.9. The second-order valence-corrected chi connectivity index (χ2v) is 19.3. The number of sulfonamides is 1. The lowest BCUT2D eigenvalue weighted by Crippen LogP contribution is -2.37. The highest BCUT2D eigenvalue weighted by Gasteiger charge is 2.33. The van der Waals surface area contributed by atoms with Crippen molar-refractivity contribution in [3.05, 3.63) is 125 Å². The number of nitrogens with one attached hydrogen (secondary N) is 3. The monoisotopic (exact) mass is 963 g/mol. The van der Waals surface area contributed by atoms with E-state index in [1.807, 2.05) is 0 Å². The Hall–Kier alpha value is -7.62. The maximum absolute atomic E-state index is 14.5. The molecule has 0 fully saturated rings. The van der Waals surface area contributed by atoms with Gasteiger partial charge in [-0.15, -0.1) is 11.3 Å². The number of carbonyl (C=O) groups is 2. The molecular formula is C43H36F2N5O13PS2. The smallest absolute Gasteiger partial charge is 0.445 e. The molecule has 0 saturated carbocycles. The van der Waals surface area contributed by atoms with E-state index in [1.54, 1.807) is 26.0 Å². The van der Waals surface area contributed by atoms with Crippen LogP contribution in [0.1, 0.15) is 45.7 Å². The third-order valence-electron chi connectivity index (χ3n) is 9.09. The van der Waals surface area contributed by atoms with E-state index in [-0.39, 0.29) is 51.2 Å². The van der Waals surface area contributed by atoms with E-state index < -0.39 is 93.9 Å². The number of phenolic OH excluding ortho intramolecular Hbond substituents is 4. The van der Waals surface area contributed by atoms with Crippen LogP contribution in [0.15, 0.2) is 95.2 Å². The van der Waals surface area contributed by atoms with E-state index in [1.165, 1.54) is 30.3 Å². The van der Waals surface area contributed by atoms with Crippen LogP contribution in [0.5, 0.6) is 46.0 Å². The fraction of sp³-hybridized carbons (Fsp3) is 0.163. The lowest BCUT2D eigenvalue weighted by Gasteiger charge is -2.20. The first-order valence-electron chi connectivity index (χ1n) is 19.1. The predicted octanol–water partition coefficient (Wildman–Crippen LogP) is 6.73. The standard InChI is InChI=1S/C43H36F2N5O13PS2/c1-23(49-42(55)25-5-9-34(51)36(53)11-25)20-60-38-13-29-14-41(65-40(29)17-39(38)61-21-24(2)50-43(56)26-6-10-35(52)37(54)12-26)66(58,59)48-22-64(57,62-30-7-3-27(18-46)32(44)15-30)63-31-8-4-28(19-47)33(45)16-31/h3-17,23-24,48,51-54H,20-22H2,1-2H3,(H,49,55)(H,50,56). The van der Waals surface area contributed by atoms with E-state index in [4.69, 9.17) is 29.0 Å². The summed E-state index contributed by atoms with van der Waals surface area (Å²) in [6, 6.07) is 18.7. The Balaban J connectivity index is 1.25. The molecule has 7 N–H and O–H groups in total. The number of nitriles is 2. The first-order valence-corrected chi connectivity index (χ1v) is 23.1. The number of ether oxygens (including phenoxy) is 2. The maximum Gasteiger partial charge on any atom is 0.445 e. The molecule has 5 aromatic carbocycles. The molecule has 0 radical (unpaired) electrons. The minimum Gasteiger partial charge on any atom is -0.504 e. The number of aromatic hydroxyl groups is 4. The van der Waals surface area contributed by atoms with Gasteiger partial charge in [0.15, 0.2) is 34.5 Å². The summed E-state index contributed by atoms with van der Waals surface area (Å²) in [6.45, 7) is 2.87. The molecule has 6 rings (SSSR count). The molecule has 0 spiro atoms. The highest BCUT2D eigenvalue weighted by Crippen LogP contribution is 2.48. The van der Waals surface area contributed by atoms with Gasteiger partial charge in [0.05, 0.1) is 23.2 Å². The molecule has 0 bridgehead atoms. The van der Waals surface area contributed by atoms with Crippen molar-refractivity contribution >= 4 is 50.9 Å². The van der Waals surface area contributed by atoms with E-state index in [0.29, 0.717) is 10.1 Å². The Kier molecular flexibility index (Phi) is 14.5. The van der Waals surface area contributed by atoms with Crippen LogP contribution in [0.3, 0.4) is 0 Å². The molecule has 2 amide bonds. The fourth-order valence-electron chi connectivity index (χ4n) is 5.76. The Morgan fingerprint density at radius 3 is 1.61 bits per heavy atom. The van der Waals surface area contributed by atoms with Crippen molar-refractivity contribution in [3.63, 3.8) is 0 Å². The van der Waals surface area contributed by atoms with E-state index in [0.717, 1.165) is 72.0 Å². The Morgan fingerprint density at radius 1 is 0.697 bits per heavy atom. The van der Waals surface area contributed by atoms with Gasteiger partial charge in [-0.3, -0.25) is 9.59 Å². The fourth-order valence-corrected chi connectivity index (χ4v) is 10.2. The molecular weight excluding hydrogens is 928 g/mol. The average molecular weight is 964 g/mol. The van der Waals surface area contributed by atoms with Gasteiger partial charge in [0.1, 0.15) is 59.0 Å². The van der Waals surface area contributed by atoms with Gasteiger partial charge >= 0.3 is 7.60 Å². The second kappa shape index (κ2) is 20.0. The average Bonchev–Trinajstić information content (AvgIpc) is 3.70. The number of thiophene rings is 1. The van der Waals surface area contributed by atoms with Gasteiger partial charge in [0, 0.05) is 34.0 Å². The molecule has 0 aliphatic rings. The number of rotatable bonds is 18. The van der Waals surface area contributed by atoms with Crippen LogP contribution in [0, 0.1) is 34.3 Å². The SMILES string of the molecule is CC(COc1cc2cc(S(=O)(=O)NCP(=O)(Oc3ccc(C#N)c(F)c3)Oc3ccc(C#N)c(F)c3)sc2cc1OCC(C)NC(=O)c1ccc(O)c(O)c1)NC(=O)c1ccc(O)c(O)c1. The molecule has 0 aliphatic carbocycles. The number of amides is 2. The summed E-state index contributed by atoms with van der Waals surface area (Å²) in [7, 11) is -9.34. The first kappa shape index (κ1) is 47.8. The summed E-state index contributed by atoms with van der Waals surface area (Å²) in [5.74, 6) is -5.86. The molecule has 1 heterocycles. The zero-order valence-electron chi connectivity index (χ0n) is 34.3. The molecule has 6 aromatic rings. The van der Waals surface area contributed by atoms with Gasteiger partial charge in [-0.25, -0.2) is 21.8 Å². The Bertz CT molecular complexity index is 2920. The number of fused-ring (bicyclic) bond motifs is 1. The lowest BCUT2D eigenvalue weighted by molar-refractivity contribution is 0.0913. The number of carbonyl (C=O) groups excluding carboxylic acids is 2. The summed E-state index contributed by atoms with van der Waals surface area (Å²) >= 11 is 0.748. The maximum atomic E-state index is 14.5. The van der Waals surface area contributed by atoms with Crippen molar-refractivity contribution in [2.45, 2.75) is 30.1 Å². The van der Waals surface area contributed by atoms with Crippen molar-refractivity contribution in [2.24, 2.45) is 0 Å². The van der Waals surface area contributed by atoms with Crippen molar-refractivity contribution in [1.29, 1.82) is 10.5 Å².